The molecule has 0 aliphatic rings. The van der Waals surface area contributed by atoms with Gasteiger partial charge in [0.15, 0.2) is 0 Å². The summed E-state index contributed by atoms with van der Waals surface area (Å²) in [6.45, 7) is 11.2. The van der Waals surface area contributed by atoms with E-state index in [4.69, 9.17) is 4.74 Å². The molecule has 9 heteroatoms. The molecular weight excluding hydrogens is 442 g/mol. The average Bonchev–Trinajstić information content (AvgIpc) is 2.69. The first-order chi connectivity index (χ1) is 15.4. The van der Waals surface area contributed by atoms with Gasteiger partial charge in [0, 0.05) is 18.3 Å². The molecule has 8 nitrogen and oxygen atoms in total. The van der Waals surface area contributed by atoms with Crippen LogP contribution in [0.5, 0.6) is 5.75 Å². The number of unbranched alkanes of at least 4 members (excludes halogenated alkanes) is 2. The lowest BCUT2D eigenvalue weighted by atomic mass is 10.0. The minimum Gasteiger partial charge on any atom is -0.508 e. The van der Waals surface area contributed by atoms with Crippen LogP contribution in [0.4, 0.5) is 4.79 Å². The van der Waals surface area contributed by atoms with Crippen LogP contribution >= 0.6 is 12.6 Å². The lowest BCUT2D eigenvalue weighted by Gasteiger charge is -2.34. The number of carbonyl (C=O) groups is 3. The zero-order chi connectivity index (χ0) is 25.2. The molecule has 2 unspecified atom stereocenters. The van der Waals surface area contributed by atoms with E-state index in [9.17, 15) is 19.5 Å². The predicted octanol–water partition coefficient (Wildman–Crippen LogP) is 3.80. The van der Waals surface area contributed by atoms with Crippen molar-refractivity contribution in [1.82, 2.24) is 15.5 Å². The molecule has 1 aromatic rings. The first-order valence-electron chi connectivity index (χ1n) is 11.4. The van der Waals surface area contributed by atoms with Crippen molar-refractivity contribution in [2.24, 2.45) is 0 Å². The maximum absolute atomic E-state index is 13.6. The Bertz CT molecular complexity index is 795. The molecule has 186 valence electrons. The smallest absolute Gasteiger partial charge is 0.408 e. The second-order valence-corrected chi connectivity index (χ2v) is 9.65. The number of amides is 3. The van der Waals surface area contributed by atoms with Gasteiger partial charge in [0.05, 0.1) is 0 Å². The Balaban J connectivity index is 3.35. The summed E-state index contributed by atoms with van der Waals surface area (Å²) in [5.41, 5.74) is -0.246. The number of aromatic hydroxyl groups is 1. The SMILES string of the molecule is CCCCCN(C(=O)C(CS)NC(=O)OC(C)(C)C)C(C(=O)NC(C)C)c1cccc(O)c1. The number of hydrogen-bond donors (Lipinski definition) is 4. The molecule has 0 fully saturated rings. The Morgan fingerprint density at radius 3 is 2.33 bits per heavy atom. The molecule has 1 aromatic carbocycles. The number of hydrogen-bond acceptors (Lipinski definition) is 6. The van der Waals surface area contributed by atoms with Crippen LogP contribution in [-0.2, 0) is 14.3 Å². The summed E-state index contributed by atoms with van der Waals surface area (Å²) in [6, 6.07) is 4.19. The fourth-order valence-corrected chi connectivity index (χ4v) is 3.51. The summed E-state index contributed by atoms with van der Waals surface area (Å²) in [4.78, 5) is 40.7. The van der Waals surface area contributed by atoms with Gasteiger partial charge in [0.2, 0.25) is 11.8 Å². The normalized spacial score (nSPS) is 13.2. The molecule has 1 rings (SSSR count). The number of carbonyl (C=O) groups excluding carboxylic acids is 3. The largest absolute Gasteiger partial charge is 0.508 e. The number of nitrogens with zero attached hydrogens (tertiary/aromatic N) is 1. The lowest BCUT2D eigenvalue weighted by Crippen LogP contribution is -2.54. The summed E-state index contributed by atoms with van der Waals surface area (Å²) in [6.07, 6.45) is 1.75. The topological polar surface area (TPSA) is 108 Å². The van der Waals surface area contributed by atoms with Gasteiger partial charge in [-0.05, 0) is 58.7 Å². The van der Waals surface area contributed by atoms with Gasteiger partial charge in [-0.15, -0.1) is 0 Å². The molecule has 3 amide bonds. The summed E-state index contributed by atoms with van der Waals surface area (Å²) in [5.74, 6) is -0.788. The van der Waals surface area contributed by atoms with E-state index < -0.39 is 29.7 Å². The molecule has 3 N–H and O–H groups in total. The van der Waals surface area contributed by atoms with Crippen molar-refractivity contribution >= 4 is 30.5 Å². The van der Waals surface area contributed by atoms with E-state index in [1.165, 1.54) is 17.0 Å². The highest BCUT2D eigenvalue weighted by atomic mass is 32.1. The Labute approximate surface area is 202 Å². The van der Waals surface area contributed by atoms with E-state index in [1.807, 2.05) is 20.8 Å². The number of ether oxygens (including phenoxy) is 1. The molecule has 33 heavy (non-hydrogen) atoms. The number of nitrogens with one attached hydrogen (secondary N) is 2. The lowest BCUT2D eigenvalue weighted by molar-refractivity contribution is -0.142. The second-order valence-electron chi connectivity index (χ2n) is 9.28. The fraction of sp³-hybridized carbons (Fsp3) is 0.625. The monoisotopic (exact) mass is 481 g/mol. The molecule has 2 atom stereocenters. The van der Waals surface area contributed by atoms with Crippen molar-refractivity contribution in [2.45, 2.75) is 84.5 Å². The van der Waals surface area contributed by atoms with Gasteiger partial charge in [0.25, 0.3) is 0 Å². The molecular formula is C24H39N3O5S. The molecule has 0 radical (unpaired) electrons. The number of benzene rings is 1. The summed E-state index contributed by atoms with van der Waals surface area (Å²) >= 11 is 4.27. The van der Waals surface area contributed by atoms with Crippen molar-refractivity contribution in [3.05, 3.63) is 29.8 Å². The molecule has 0 aromatic heterocycles. The molecule has 0 aliphatic carbocycles. The van der Waals surface area contributed by atoms with Crippen LogP contribution in [0.25, 0.3) is 0 Å². The highest BCUT2D eigenvalue weighted by Gasteiger charge is 2.36. The van der Waals surface area contributed by atoms with Gasteiger partial charge in [-0.2, -0.15) is 12.6 Å². The number of alkyl carbamates (subject to hydrolysis) is 1. The van der Waals surface area contributed by atoms with E-state index in [0.29, 0.717) is 18.5 Å². The first-order valence-corrected chi connectivity index (χ1v) is 12.0. The highest BCUT2D eigenvalue weighted by Crippen LogP contribution is 2.26. The third-order valence-corrected chi connectivity index (χ3v) is 5.00. The minimum absolute atomic E-state index is 0.00608. The molecule has 0 saturated carbocycles. The number of thiol groups is 1. The van der Waals surface area contributed by atoms with Crippen LogP contribution in [0.15, 0.2) is 24.3 Å². The van der Waals surface area contributed by atoms with Gasteiger partial charge >= 0.3 is 6.09 Å². The van der Waals surface area contributed by atoms with Gasteiger partial charge in [-0.1, -0.05) is 31.9 Å². The molecule has 0 aliphatic heterocycles. The van der Waals surface area contributed by atoms with Gasteiger partial charge < -0.3 is 25.4 Å². The van der Waals surface area contributed by atoms with Gasteiger partial charge in [0.1, 0.15) is 23.4 Å². The van der Waals surface area contributed by atoms with Crippen LogP contribution in [0.1, 0.15) is 72.4 Å². The van der Waals surface area contributed by atoms with Crippen LogP contribution in [0.3, 0.4) is 0 Å². The molecule has 0 heterocycles. The van der Waals surface area contributed by atoms with Crippen molar-refractivity contribution in [1.29, 1.82) is 0 Å². The Morgan fingerprint density at radius 2 is 1.82 bits per heavy atom. The number of phenolic OH excluding ortho intramolecular Hbond substituents is 1. The maximum atomic E-state index is 13.6. The van der Waals surface area contributed by atoms with Gasteiger partial charge in [-0.25, -0.2) is 4.79 Å². The van der Waals surface area contributed by atoms with Crippen molar-refractivity contribution in [2.75, 3.05) is 12.3 Å². The third kappa shape index (κ3) is 9.94. The highest BCUT2D eigenvalue weighted by molar-refractivity contribution is 7.80. The zero-order valence-corrected chi connectivity index (χ0v) is 21.4. The molecule has 0 spiro atoms. The molecule has 0 bridgehead atoms. The average molecular weight is 482 g/mol. The summed E-state index contributed by atoms with van der Waals surface area (Å²) in [7, 11) is 0. The Hall–Kier alpha value is -2.42. The van der Waals surface area contributed by atoms with Crippen molar-refractivity contribution in [3.63, 3.8) is 0 Å². The van der Waals surface area contributed by atoms with Crippen LogP contribution in [-0.4, -0.2) is 57.9 Å². The zero-order valence-electron chi connectivity index (χ0n) is 20.6. The standard InChI is InChI=1S/C24H39N3O5S/c1-7-8-9-13-27(22(30)19(15-33)26-23(31)32-24(4,5)6)20(21(29)25-16(2)3)17-11-10-12-18(28)14-17/h10-12,14,16,19-20,28,33H,7-9,13,15H2,1-6H3,(H,25,29)(H,26,31). The van der Waals surface area contributed by atoms with E-state index in [2.05, 4.69) is 23.3 Å². The van der Waals surface area contributed by atoms with E-state index in [1.54, 1.807) is 32.9 Å². The predicted molar refractivity (Wildman–Crippen MR) is 132 cm³/mol. The van der Waals surface area contributed by atoms with Gasteiger partial charge in [-0.3, -0.25) is 9.59 Å². The quantitative estimate of drug-likeness (QED) is 0.284. The number of phenols is 1. The van der Waals surface area contributed by atoms with E-state index >= 15 is 0 Å². The summed E-state index contributed by atoms with van der Waals surface area (Å²) < 4.78 is 5.29. The third-order valence-electron chi connectivity index (χ3n) is 4.63. The van der Waals surface area contributed by atoms with Crippen molar-refractivity contribution in [3.8, 4) is 5.75 Å². The van der Waals surface area contributed by atoms with E-state index in [-0.39, 0.29) is 23.5 Å². The maximum Gasteiger partial charge on any atom is 0.408 e. The Morgan fingerprint density at radius 1 is 1.15 bits per heavy atom. The molecule has 0 saturated heterocycles. The van der Waals surface area contributed by atoms with E-state index in [0.717, 1.165) is 12.8 Å². The van der Waals surface area contributed by atoms with Crippen molar-refractivity contribution < 1.29 is 24.2 Å². The Kier molecular flexibility index (Phi) is 11.6. The fourth-order valence-electron chi connectivity index (χ4n) is 3.27. The number of rotatable bonds is 11. The second kappa shape index (κ2) is 13.3. The minimum atomic E-state index is -0.989. The van der Waals surface area contributed by atoms with Crippen LogP contribution in [0, 0.1) is 0 Å². The summed E-state index contributed by atoms with van der Waals surface area (Å²) in [5, 5.41) is 15.5. The van der Waals surface area contributed by atoms with Crippen LogP contribution < -0.4 is 10.6 Å². The first kappa shape index (κ1) is 28.6. The van der Waals surface area contributed by atoms with Crippen LogP contribution in [0.2, 0.25) is 0 Å².